The lowest BCUT2D eigenvalue weighted by molar-refractivity contribution is -0.120. The molecule has 0 aromatic carbocycles. The van der Waals surface area contributed by atoms with Crippen LogP contribution in [0.25, 0.3) is 0 Å². The number of hydrogen-bond donors (Lipinski definition) is 0. The molecule has 2 atom stereocenters. The molecule has 2 saturated carbocycles. The Kier molecular flexibility index (Phi) is 2.37. The molecule has 2 unspecified atom stereocenters. The predicted octanol–water partition coefficient (Wildman–Crippen LogP) is 2.18. The van der Waals surface area contributed by atoms with Crippen LogP contribution in [0.3, 0.4) is 0 Å². The topological polar surface area (TPSA) is 34.1 Å². The average Bonchev–Trinajstić information content (AvgIpc) is 2.60. The van der Waals surface area contributed by atoms with Crippen molar-refractivity contribution >= 4 is 33.7 Å². The zero-order valence-corrected chi connectivity index (χ0v) is 8.52. The Labute approximate surface area is 86.6 Å². The van der Waals surface area contributed by atoms with Gasteiger partial charge in [-0.15, -0.1) is 0 Å². The Morgan fingerprint density at radius 3 is 1.69 bits per heavy atom. The molecule has 2 fully saturated rings. The van der Waals surface area contributed by atoms with E-state index < -0.39 is 0 Å². The summed E-state index contributed by atoms with van der Waals surface area (Å²) in [5.41, 5.74) is 0. The van der Waals surface area contributed by atoms with Crippen molar-refractivity contribution in [2.75, 3.05) is 0 Å². The van der Waals surface area contributed by atoms with Gasteiger partial charge in [-0.1, -0.05) is 0 Å². The molecule has 13 heavy (non-hydrogen) atoms. The van der Waals surface area contributed by atoms with Crippen LogP contribution in [0.1, 0.15) is 19.3 Å². The van der Waals surface area contributed by atoms with Crippen molar-refractivity contribution in [1.29, 1.82) is 0 Å². The number of halogens is 2. The summed E-state index contributed by atoms with van der Waals surface area (Å²) in [4.78, 5) is 22.0. The van der Waals surface area contributed by atoms with Crippen LogP contribution in [0, 0.1) is 23.7 Å². The van der Waals surface area contributed by atoms with Gasteiger partial charge in [0.05, 0.1) is 0 Å². The third-order valence-electron chi connectivity index (χ3n) is 3.40. The van der Waals surface area contributed by atoms with Crippen LogP contribution in [-0.4, -0.2) is 10.5 Å². The lowest BCUT2D eigenvalue weighted by Crippen LogP contribution is -2.27. The number of fused-ring (bicyclic) bond motifs is 2. The first-order chi connectivity index (χ1) is 6.09. The van der Waals surface area contributed by atoms with Crippen LogP contribution in [-0.2, 0) is 9.59 Å². The largest absolute Gasteiger partial charge is 0.281 e. The van der Waals surface area contributed by atoms with E-state index in [1.54, 1.807) is 0 Å². The molecule has 0 heterocycles. The van der Waals surface area contributed by atoms with Crippen LogP contribution in [0.4, 0.5) is 0 Å². The maximum atomic E-state index is 11.0. The maximum absolute atomic E-state index is 11.0. The molecule has 0 spiro atoms. The number of hydrogen-bond acceptors (Lipinski definition) is 2. The molecule has 0 aromatic rings. The lowest BCUT2D eigenvalue weighted by atomic mass is 9.82. The van der Waals surface area contributed by atoms with Gasteiger partial charge in [-0.2, -0.15) is 0 Å². The Balaban J connectivity index is 2.15. The van der Waals surface area contributed by atoms with Crippen LogP contribution in [0.5, 0.6) is 0 Å². The van der Waals surface area contributed by atoms with Gasteiger partial charge in [0, 0.05) is 11.8 Å². The minimum atomic E-state index is -0.296. The predicted molar refractivity (Wildman–Crippen MR) is 49.5 cm³/mol. The maximum Gasteiger partial charge on any atom is 0.225 e. The molecule has 4 heteroatoms. The van der Waals surface area contributed by atoms with Crippen molar-refractivity contribution in [3.8, 4) is 0 Å². The molecule has 0 aromatic heterocycles. The minimum absolute atomic E-state index is 0.117. The molecule has 2 nitrogen and oxygen atoms in total. The molecule has 0 N–H and O–H groups in total. The SMILES string of the molecule is O=C(Cl)C1CC2CC(C(=O)Cl)C1C2. The summed E-state index contributed by atoms with van der Waals surface area (Å²) >= 11 is 10.9. The quantitative estimate of drug-likeness (QED) is 0.669. The minimum Gasteiger partial charge on any atom is -0.281 e. The Hall–Kier alpha value is -0.0800. The second-order valence-corrected chi connectivity index (χ2v) is 4.80. The monoisotopic (exact) mass is 220 g/mol. The first-order valence-electron chi connectivity index (χ1n) is 4.48. The Bertz CT molecular complexity index is 240. The van der Waals surface area contributed by atoms with Gasteiger partial charge in [0.2, 0.25) is 10.5 Å². The normalized spacial score (nSPS) is 42.3. The number of carbonyl (C=O) groups excluding carboxylic acids is 2. The Morgan fingerprint density at radius 1 is 0.923 bits per heavy atom. The van der Waals surface area contributed by atoms with Crippen LogP contribution in [0.15, 0.2) is 0 Å². The summed E-state index contributed by atoms with van der Waals surface area (Å²) in [6.07, 6.45) is 2.66. The molecule has 0 saturated heterocycles. The second-order valence-electron chi connectivity index (χ2n) is 4.06. The number of rotatable bonds is 2. The third kappa shape index (κ3) is 1.50. The average molecular weight is 221 g/mol. The van der Waals surface area contributed by atoms with Gasteiger partial charge in [-0.05, 0) is 54.3 Å². The van der Waals surface area contributed by atoms with Crippen molar-refractivity contribution in [1.82, 2.24) is 0 Å². The molecule has 2 rings (SSSR count). The first kappa shape index (κ1) is 9.47. The van der Waals surface area contributed by atoms with Crippen molar-refractivity contribution in [2.45, 2.75) is 19.3 Å². The highest BCUT2D eigenvalue weighted by Crippen LogP contribution is 2.53. The van der Waals surface area contributed by atoms with E-state index in [1.165, 1.54) is 0 Å². The van der Waals surface area contributed by atoms with Gasteiger partial charge >= 0.3 is 0 Å². The summed E-state index contributed by atoms with van der Waals surface area (Å²) in [5, 5.41) is -0.592. The molecule has 2 bridgehead atoms. The van der Waals surface area contributed by atoms with E-state index in [1.807, 2.05) is 0 Å². The van der Waals surface area contributed by atoms with E-state index >= 15 is 0 Å². The fourth-order valence-corrected chi connectivity index (χ4v) is 3.37. The van der Waals surface area contributed by atoms with Crippen molar-refractivity contribution in [2.24, 2.45) is 23.7 Å². The number of carbonyl (C=O) groups is 2. The summed E-state index contributed by atoms with van der Waals surface area (Å²) < 4.78 is 0. The van der Waals surface area contributed by atoms with Gasteiger partial charge in [-0.3, -0.25) is 9.59 Å². The molecule has 72 valence electrons. The summed E-state index contributed by atoms with van der Waals surface area (Å²) in [6, 6.07) is 0. The zero-order chi connectivity index (χ0) is 9.59. The van der Waals surface area contributed by atoms with Gasteiger partial charge in [0.15, 0.2) is 0 Å². The van der Waals surface area contributed by atoms with Crippen LogP contribution in [0.2, 0.25) is 0 Å². The Morgan fingerprint density at radius 2 is 1.38 bits per heavy atom. The summed E-state index contributed by atoms with van der Waals surface area (Å²) in [7, 11) is 0. The van der Waals surface area contributed by atoms with E-state index in [9.17, 15) is 9.59 Å². The van der Waals surface area contributed by atoms with Gasteiger partial charge in [0.1, 0.15) is 0 Å². The van der Waals surface area contributed by atoms with Gasteiger partial charge in [0.25, 0.3) is 0 Å². The first-order valence-corrected chi connectivity index (χ1v) is 5.24. The molecule has 2 aliphatic carbocycles. The highest BCUT2D eigenvalue weighted by atomic mass is 35.5. The second kappa shape index (κ2) is 3.25. The lowest BCUT2D eigenvalue weighted by Gasteiger charge is -2.23. The van der Waals surface area contributed by atoms with Crippen molar-refractivity contribution in [3.05, 3.63) is 0 Å². The summed E-state index contributed by atoms with van der Waals surface area (Å²) in [6.45, 7) is 0. The van der Waals surface area contributed by atoms with E-state index in [0.29, 0.717) is 5.92 Å². The van der Waals surface area contributed by atoms with Crippen molar-refractivity contribution in [3.63, 3.8) is 0 Å². The zero-order valence-electron chi connectivity index (χ0n) is 7.00. The standard InChI is InChI=1S/C9H10Cl2O2/c10-8(12)6-2-4-1-5(6)7(3-4)9(11)13/h4-7H,1-3H2. The third-order valence-corrected chi connectivity index (χ3v) is 3.96. The van der Waals surface area contributed by atoms with E-state index in [0.717, 1.165) is 19.3 Å². The summed E-state index contributed by atoms with van der Waals surface area (Å²) in [5.74, 6) is 0.381. The molecule has 0 aliphatic heterocycles. The van der Waals surface area contributed by atoms with E-state index in [-0.39, 0.29) is 28.2 Å². The molecule has 2 aliphatic rings. The van der Waals surface area contributed by atoms with E-state index in [4.69, 9.17) is 23.2 Å². The highest BCUT2D eigenvalue weighted by Gasteiger charge is 2.50. The molecule has 0 amide bonds. The van der Waals surface area contributed by atoms with Crippen LogP contribution < -0.4 is 0 Å². The van der Waals surface area contributed by atoms with Crippen LogP contribution >= 0.6 is 23.2 Å². The van der Waals surface area contributed by atoms with Gasteiger partial charge in [-0.25, -0.2) is 0 Å². The molecule has 0 radical (unpaired) electrons. The van der Waals surface area contributed by atoms with Crippen molar-refractivity contribution < 1.29 is 9.59 Å². The van der Waals surface area contributed by atoms with E-state index in [2.05, 4.69) is 0 Å². The smallest absolute Gasteiger partial charge is 0.225 e. The molecular formula is C9H10Cl2O2. The highest BCUT2D eigenvalue weighted by molar-refractivity contribution is 6.65. The fraction of sp³-hybridized carbons (Fsp3) is 0.778. The molecular weight excluding hydrogens is 211 g/mol. The van der Waals surface area contributed by atoms with Gasteiger partial charge < -0.3 is 0 Å². The fourth-order valence-electron chi connectivity index (χ4n) is 2.87.